The van der Waals surface area contributed by atoms with Crippen LogP contribution in [0.2, 0.25) is 0 Å². The number of benzene rings is 1. The van der Waals surface area contributed by atoms with E-state index in [1.54, 1.807) is 19.2 Å². The van der Waals surface area contributed by atoms with Gasteiger partial charge in [-0.05, 0) is 12.1 Å². The van der Waals surface area contributed by atoms with Gasteiger partial charge in [0, 0.05) is 19.7 Å². The molecule has 1 aromatic carbocycles. The van der Waals surface area contributed by atoms with Crippen molar-refractivity contribution in [3.8, 4) is 11.5 Å². The van der Waals surface area contributed by atoms with Gasteiger partial charge in [0.25, 0.3) is 0 Å². The molecule has 0 aliphatic rings. The molecule has 0 unspecified atom stereocenters. The largest absolute Gasteiger partial charge is 0.497 e. The number of likely N-dealkylation sites (N-methyl/N-ethyl adjacent to an activating group) is 1. The fraction of sp³-hybridized carbons (Fsp3) is 0.400. The van der Waals surface area contributed by atoms with Crippen LogP contribution in [0.25, 0.3) is 0 Å². The molecule has 0 radical (unpaired) electrons. The predicted molar refractivity (Wildman–Crippen MR) is 55.3 cm³/mol. The normalized spacial score (nSPS) is 10.3. The molecular formula is C10H16N2O2. The summed E-state index contributed by atoms with van der Waals surface area (Å²) in [6.45, 7) is 1.26. The molecule has 0 atom stereocenters. The van der Waals surface area contributed by atoms with E-state index in [9.17, 15) is 0 Å². The van der Waals surface area contributed by atoms with E-state index < -0.39 is 0 Å². The molecule has 0 fully saturated rings. The molecule has 2 N–H and O–H groups in total. The van der Waals surface area contributed by atoms with E-state index in [0.29, 0.717) is 13.2 Å². The summed E-state index contributed by atoms with van der Waals surface area (Å²) >= 11 is 0. The Kier molecular flexibility index (Phi) is 4.22. The van der Waals surface area contributed by atoms with Crippen molar-refractivity contribution < 1.29 is 9.47 Å². The molecule has 0 saturated heterocycles. The Balaban J connectivity index is 2.42. The van der Waals surface area contributed by atoms with Gasteiger partial charge in [0.2, 0.25) is 0 Å². The van der Waals surface area contributed by atoms with E-state index in [0.717, 1.165) is 11.5 Å². The van der Waals surface area contributed by atoms with Crippen LogP contribution in [0.5, 0.6) is 11.5 Å². The first-order chi connectivity index (χ1) is 6.72. The van der Waals surface area contributed by atoms with E-state index in [4.69, 9.17) is 15.3 Å². The Morgan fingerprint density at radius 1 is 1.36 bits per heavy atom. The van der Waals surface area contributed by atoms with Crippen LogP contribution in [0.15, 0.2) is 24.3 Å². The summed E-state index contributed by atoms with van der Waals surface area (Å²) in [6, 6.07) is 7.50. The number of nitrogens with two attached hydrogens (primary N) is 1. The molecule has 0 saturated carbocycles. The minimum Gasteiger partial charge on any atom is -0.497 e. The number of ether oxygens (including phenoxy) is 2. The van der Waals surface area contributed by atoms with Crippen molar-refractivity contribution in [2.24, 2.45) is 5.84 Å². The van der Waals surface area contributed by atoms with Gasteiger partial charge in [-0.1, -0.05) is 6.07 Å². The second-order valence-electron chi connectivity index (χ2n) is 3.01. The monoisotopic (exact) mass is 196 g/mol. The van der Waals surface area contributed by atoms with Gasteiger partial charge in [0.05, 0.1) is 7.11 Å². The highest BCUT2D eigenvalue weighted by atomic mass is 16.5. The summed E-state index contributed by atoms with van der Waals surface area (Å²) in [7, 11) is 3.43. The number of methoxy groups -OCH3 is 1. The lowest BCUT2D eigenvalue weighted by molar-refractivity contribution is 0.240. The van der Waals surface area contributed by atoms with E-state index in [2.05, 4.69) is 0 Å². The first kappa shape index (κ1) is 10.8. The number of hydrazine groups is 1. The summed E-state index contributed by atoms with van der Waals surface area (Å²) in [4.78, 5) is 0. The van der Waals surface area contributed by atoms with Gasteiger partial charge < -0.3 is 9.47 Å². The van der Waals surface area contributed by atoms with Crippen LogP contribution < -0.4 is 15.3 Å². The van der Waals surface area contributed by atoms with E-state index in [-0.39, 0.29) is 0 Å². The van der Waals surface area contributed by atoms with Gasteiger partial charge in [0.1, 0.15) is 18.1 Å². The molecule has 1 rings (SSSR count). The van der Waals surface area contributed by atoms with Crippen molar-refractivity contribution in [3.63, 3.8) is 0 Å². The van der Waals surface area contributed by atoms with Gasteiger partial charge in [-0.15, -0.1) is 0 Å². The van der Waals surface area contributed by atoms with Gasteiger partial charge >= 0.3 is 0 Å². The fourth-order valence-corrected chi connectivity index (χ4v) is 0.998. The third-order valence-corrected chi connectivity index (χ3v) is 1.75. The van der Waals surface area contributed by atoms with E-state index >= 15 is 0 Å². The molecule has 78 valence electrons. The van der Waals surface area contributed by atoms with Crippen LogP contribution in [0.4, 0.5) is 0 Å². The Morgan fingerprint density at radius 3 is 2.71 bits per heavy atom. The first-order valence-electron chi connectivity index (χ1n) is 4.45. The van der Waals surface area contributed by atoms with Gasteiger partial charge in [0.15, 0.2) is 0 Å². The molecule has 4 heteroatoms. The van der Waals surface area contributed by atoms with Crippen molar-refractivity contribution in [1.29, 1.82) is 0 Å². The molecule has 4 nitrogen and oxygen atoms in total. The smallest absolute Gasteiger partial charge is 0.123 e. The number of hydrogen-bond acceptors (Lipinski definition) is 4. The fourth-order valence-electron chi connectivity index (χ4n) is 0.998. The predicted octanol–water partition coefficient (Wildman–Crippen LogP) is 0.879. The highest BCUT2D eigenvalue weighted by Crippen LogP contribution is 2.18. The first-order valence-corrected chi connectivity index (χ1v) is 4.45. The quantitative estimate of drug-likeness (QED) is 0.561. The third kappa shape index (κ3) is 3.64. The van der Waals surface area contributed by atoms with Crippen LogP contribution in [0.1, 0.15) is 0 Å². The van der Waals surface area contributed by atoms with Crippen molar-refractivity contribution in [2.75, 3.05) is 27.3 Å². The van der Waals surface area contributed by atoms with Crippen molar-refractivity contribution in [2.45, 2.75) is 0 Å². The SMILES string of the molecule is COc1cccc(OCCN(C)N)c1. The Labute approximate surface area is 84.2 Å². The topological polar surface area (TPSA) is 47.7 Å². The Bertz CT molecular complexity index is 277. The van der Waals surface area contributed by atoms with Crippen LogP contribution in [0, 0.1) is 0 Å². The number of rotatable bonds is 5. The lowest BCUT2D eigenvalue weighted by atomic mass is 10.3. The minimum absolute atomic E-state index is 0.570. The van der Waals surface area contributed by atoms with Crippen LogP contribution >= 0.6 is 0 Å². The third-order valence-electron chi connectivity index (χ3n) is 1.75. The Hall–Kier alpha value is -1.26. The molecule has 0 spiro atoms. The zero-order chi connectivity index (χ0) is 10.4. The molecule has 0 bridgehead atoms. The zero-order valence-electron chi connectivity index (χ0n) is 8.56. The lowest BCUT2D eigenvalue weighted by Crippen LogP contribution is -2.30. The van der Waals surface area contributed by atoms with Crippen molar-refractivity contribution in [3.05, 3.63) is 24.3 Å². The average molecular weight is 196 g/mol. The minimum atomic E-state index is 0.570. The second-order valence-corrected chi connectivity index (χ2v) is 3.01. The maximum absolute atomic E-state index is 5.46. The van der Waals surface area contributed by atoms with E-state index in [1.165, 1.54) is 0 Å². The maximum Gasteiger partial charge on any atom is 0.123 e. The van der Waals surface area contributed by atoms with Crippen LogP contribution in [-0.2, 0) is 0 Å². The number of hydrogen-bond donors (Lipinski definition) is 1. The maximum atomic E-state index is 5.46. The molecule has 0 amide bonds. The van der Waals surface area contributed by atoms with Crippen LogP contribution in [-0.4, -0.2) is 32.3 Å². The van der Waals surface area contributed by atoms with Crippen LogP contribution in [0.3, 0.4) is 0 Å². The van der Waals surface area contributed by atoms with Gasteiger partial charge in [-0.25, -0.2) is 5.01 Å². The van der Waals surface area contributed by atoms with Gasteiger partial charge in [-0.2, -0.15) is 0 Å². The molecule has 0 heterocycles. The molecule has 14 heavy (non-hydrogen) atoms. The van der Waals surface area contributed by atoms with Gasteiger partial charge in [-0.3, -0.25) is 5.84 Å². The summed E-state index contributed by atoms with van der Waals surface area (Å²) < 4.78 is 10.5. The lowest BCUT2D eigenvalue weighted by Gasteiger charge is -2.11. The highest BCUT2D eigenvalue weighted by molar-refractivity contribution is 5.32. The molecule has 0 aliphatic carbocycles. The zero-order valence-corrected chi connectivity index (χ0v) is 8.56. The number of nitrogens with zero attached hydrogens (tertiary/aromatic N) is 1. The van der Waals surface area contributed by atoms with E-state index in [1.807, 2.05) is 24.3 Å². The second kappa shape index (κ2) is 5.47. The average Bonchev–Trinajstić information content (AvgIpc) is 2.18. The Morgan fingerprint density at radius 2 is 2.07 bits per heavy atom. The standard InChI is InChI=1S/C10H16N2O2/c1-12(11)6-7-14-10-5-3-4-9(8-10)13-2/h3-5,8H,6-7,11H2,1-2H3. The molecule has 1 aromatic rings. The highest BCUT2D eigenvalue weighted by Gasteiger charge is 1.96. The summed E-state index contributed by atoms with van der Waals surface area (Å²) in [5.41, 5.74) is 0. The molecular weight excluding hydrogens is 180 g/mol. The summed E-state index contributed by atoms with van der Waals surface area (Å²) in [5, 5.41) is 1.58. The summed E-state index contributed by atoms with van der Waals surface area (Å²) in [6.07, 6.45) is 0. The van der Waals surface area contributed by atoms with Crippen molar-refractivity contribution in [1.82, 2.24) is 5.01 Å². The molecule has 0 aromatic heterocycles. The molecule has 0 aliphatic heterocycles. The van der Waals surface area contributed by atoms with Crippen molar-refractivity contribution >= 4 is 0 Å². The summed E-state index contributed by atoms with van der Waals surface area (Å²) in [5.74, 6) is 7.03.